The van der Waals surface area contributed by atoms with E-state index in [2.05, 4.69) is 59.3 Å². The molecule has 5 rings (SSSR count). The third-order valence-corrected chi connectivity index (χ3v) is 8.23. The SMILES string of the molecule is COCCCn1c(C2CC(C)CN(C(=O)C[C@@H](Cc3ccc4ccccc4c3)NC(=O)OC(C)(C)C)C2)nc2ccccc21. The number of hydrogen-bond acceptors (Lipinski definition) is 5. The number of amides is 2. The van der Waals surface area contributed by atoms with Crippen LogP contribution in [0.2, 0.25) is 0 Å². The number of nitrogens with one attached hydrogen (secondary N) is 1. The maximum atomic E-state index is 14.0. The molecule has 44 heavy (non-hydrogen) atoms. The van der Waals surface area contributed by atoms with Gasteiger partial charge < -0.3 is 24.3 Å². The fourth-order valence-electron chi connectivity index (χ4n) is 6.39. The number of fused-ring (bicyclic) bond motifs is 2. The summed E-state index contributed by atoms with van der Waals surface area (Å²) in [6.07, 6.45) is 2.06. The summed E-state index contributed by atoms with van der Waals surface area (Å²) >= 11 is 0. The molecule has 0 bridgehead atoms. The molecule has 3 aromatic carbocycles. The summed E-state index contributed by atoms with van der Waals surface area (Å²) in [6.45, 7) is 10.5. The number of rotatable bonds is 10. The fourth-order valence-corrected chi connectivity index (χ4v) is 6.39. The van der Waals surface area contributed by atoms with Gasteiger partial charge in [-0.2, -0.15) is 0 Å². The van der Waals surface area contributed by atoms with E-state index in [9.17, 15) is 9.59 Å². The van der Waals surface area contributed by atoms with Crippen LogP contribution in [0.1, 0.15) is 64.3 Å². The number of aryl methyl sites for hydroxylation is 1. The van der Waals surface area contributed by atoms with Gasteiger partial charge in [0.15, 0.2) is 0 Å². The topological polar surface area (TPSA) is 85.7 Å². The predicted molar refractivity (Wildman–Crippen MR) is 175 cm³/mol. The first-order chi connectivity index (χ1) is 21.1. The lowest BCUT2D eigenvalue weighted by Gasteiger charge is -2.37. The van der Waals surface area contributed by atoms with Crippen molar-refractivity contribution in [3.63, 3.8) is 0 Å². The predicted octanol–water partition coefficient (Wildman–Crippen LogP) is 6.70. The molecule has 0 radical (unpaired) electrons. The number of benzene rings is 3. The van der Waals surface area contributed by atoms with E-state index < -0.39 is 17.7 Å². The van der Waals surface area contributed by atoms with Crippen molar-refractivity contribution in [1.29, 1.82) is 0 Å². The number of piperidine rings is 1. The smallest absolute Gasteiger partial charge is 0.407 e. The molecule has 3 atom stereocenters. The number of methoxy groups -OCH3 is 1. The second kappa shape index (κ2) is 13.8. The number of aromatic nitrogens is 2. The summed E-state index contributed by atoms with van der Waals surface area (Å²) in [5.74, 6) is 1.51. The van der Waals surface area contributed by atoms with Crippen molar-refractivity contribution >= 4 is 33.8 Å². The summed E-state index contributed by atoms with van der Waals surface area (Å²) in [6, 6.07) is 22.3. The summed E-state index contributed by atoms with van der Waals surface area (Å²) in [7, 11) is 1.73. The molecule has 2 amide bonds. The van der Waals surface area contributed by atoms with Crippen molar-refractivity contribution in [2.75, 3.05) is 26.8 Å². The van der Waals surface area contributed by atoms with Gasteiger partial charge in [0.2, 0.25) is 5.91 Å². The summed E-state index contributed by atoms with van der Waals surface area (Å²) in [4.78, 5) is 33.9. The molecule has 0 aliphatic carbocycles. The average molecular weight is 599 g/mol. The van der Waals surface area contributed by atoms with Gasteiger partial charge >= 0.3 is 6.09 Å². The minimum Gasteiger partial charge on any atom is -0.444 e. The zero-order valence-electron chi connectivity index (χ0n) is 26.7. The Morgan fingerprint density at radius 2 is 1.77 bits per heavy atom. The Kier molecular flexibility index (Phi) is 9.89. The number of nitrogens with zero attached hydrogens (tertiary/aromatic N) is 3. The Balaban J connectivity index is 1.35. The van der Waals surface area contributed by atoms with Crippen molar-refractivity contribution in [1.82, 2.24) is 19.8 Å². The quantitative estimate of drug-likeness (QED) is 0.205. The number of carbonyl (C=O) groups is 2. The van der Waals surface area contributed by atoms with Crippen molar-refractivity contribution in [3.8, 4) is 0 Å². The number of hydrogen-bond donors (Lipinski definition) is 1. The van der Waals surface area contributed by atoms with Crippen LogP contribution in [0.3, 0.4) is 0 Å². The van der Waals surface area contributed by atoms with E-state index in [0.29, 0.717) is 32.0 Å². The number of para-hydroxylation sites is 2. The molecule has 0 spiro atoms. The Morgan fingerprint density at radius 3 is 2.55 bits per heavy atom. The molecule has 1 fully saturated rings. The van der Waals surface area contributed by atoms with Gasteiger partial charge in [0.1, 0.15) is 11.4 Å². The van der Waals surface area contributed by atoms with Crippen LogP contribution in [-0.2, 0) is 27.2 Å². The highest BCUT2D eigenvalue weighted by Gasteiger charge is 2.33. The maximum absolute atomic E-state index is 14.0. The fraction of sp³-hybridized carbons (Fsp3) is 0.472. The average Bonchev–Trinajstić information content (AvgIpc) is 3.34. The van der Waals surface area contributed by atoms with Crippen molar-refractivity contribution in [2.45, 2.75) is 77.5 Å². The minimum absolute atomic E-state index is 0.0328. The standard InChI is InChI=1S/C36H46N4O4/c1-25-19-29(34-38-31-13-8-9-14-32(31)40(34)17-10-18-43-5)24-39(23-25)33(41)22-30(37-35(42)44-36(2,3)4)21-26-15-16-27-11-6-7-12-28(27)20-26/h6-9,11-16,20,25,29-30H,10,17-19,21-24H2,1-5H3,(H,37,42)/t25?,29?,30-/m1/s1. The Labute approximate surface area is 260 Å². The van der Waals surface area contributed by atoms with Gasteiger partial charge in [-0.3, -0.25) is 4.79 Å². The zero-order valence-corrected chi connectivity index (χ0v) is 26.7. The van der Waals surface area contributed by atoms with Gasteiger partial charge in [-0.25, -0.2) is 9.78 Å². The molecular weight excluding hydrogens is 552 g/mol. The normalized spacial score (nSPS) is 18.0. The Morgan fingerprint density at radius 1 is 1.02 bits per heavy atom. The van der Waals surface area contributed by atoms with Crippen LogP contribution in [0.4, 0.5) is 4.79 Å². The second-order valence-electron chi connectivity index (χ2n) is 13.2. The first-order valence-corrected chi connectivity index (χ1v) is 15.8. The van der Waals surface area contributed by atoms with Crippen LogP contribution in [-0.4, -0.2) is 64.9 Å². The molecule has 8 heteroatoms. The van der Waals surface area contributed by atoms with E-state index in [1.165, 1.54) is 0 Å². The van der Waals surface area contributed by atoms with E-state index in [4.69, 9.17) is 14.5 Å². The first-order valence-electron chi connectivity index (χ1n) is 15.8. The van der Waals surface area contributed by atoms with Gasteiger partial charge in [0.05, 0.1) is 11.0 Å². The summed E-state index contributed by atoms with van der Waals surface area (Å²) < 4.78 is 13.2. The van der Waals surface area contributed by atoms with Gasteiger partial charge in [-0.05, 0) is 74.4 Å². The molecule has 2 unspecified atom stereocenters. The third kappa shape index (κ3) is 7.97. The van der Waals surface area contributed by atoms with Crippen LogP contribution in [0, 0.1) is 5.92 Å². The van der Waals surface area contributed by atoms with Crippen LogP contribution >= 0.6 is 0 Å². The van der Waals surface area contributed by atoms with Gasteiger partial charge in [-0.1, -0.05) is 61.5 Å². The summed E-state index contributed by atoms with van der Waals surface area (Å²) in [5, 5.41) is 5.30. The number of alkyl carbamates (subject to hydrolysis) is 1. The monoisotopic (exact) mass is 598 g/mol. The number of likely N-dealkylation sites (tertiary alicyclic amines) is 1. The highest BCUT2D eigenvalue weighted by atomic mass is 16.6. The lowest BCUT2D eigenvalue weighted by molar-refractivity contribution is -0.133. The van der Waals surface area contributed by atoms with Crippen LogP contribution in [0.5, 0.6) is 0 Å². The van der Waals surface area contributed by atoms with Crippen LogP contribution in [0.15, 0.2) is 66.7 Å². The molecular formula is C36H46N4O4. The van der Waals surface area contributed by atoms with E-state index in [1.54, 1.807) is 7.11 Å². The van der Waals surface area contributed by atoms with Crippen LogP contribution < -0.4 is 5.32 Å². The Hall–Kier alpha value is -3.91. The minimum atomic E-state index is -0.633. The molecule has 1 aromatic heterocycles. The molecule has 1 aliphatic heterocycles. The molecule has 234 valence electrons. The molecule has 1 N–H and O–H groups in total. The molecule has 1 aliphatic rings. The van der Waals surface area contributed by atoms with E-state index in [-0.39, 0.29) is 18.2 Å². The zero-order chi connectivity index (χ0) is 31.3. The third-order valence-electron chi connectivity index (χ3n) is 8.23. The van der Waals surface area contributed by atoms with Crippen molar-refractivity contribution < 1.29 is 19.1 Å². The van der Waals surface area contributed by atoms with Crippen molar-refractivity contribution in [2.24, 2.45) is 5.92 Å². The first kappa shape index (κ1) is 31.5. The van der Waals surface area contributed by atoms with E-state index in [1.807, 2.05) is 49.9 Å². The highest BCUT2D eigenvalue weighted by Crippen LogP contribution is 2.32. The van der Waals surface area contributed by atoms with Crippen LogP contribution in [0.25, 0.3) is 21.8 Å². The highest BCUT2D eigenvalue weighted by molar-refractivity contribution is 5.83. The maximum Gasteiger partial charge on any atom is 0.407 e. The molecule has 8 nitrogen and oxygen atoms in total. The Bertz CT molecular complexity index is 1590. The van der Waals surface area contributed by atoms with Gasteiger partial charge in [0.25, 0.3) is 0 Å². The number of ether oxygens (including phenoxy) is 2. The van der Waals surface area contributed by atoms with Gasteiger partial charge in [0, 0.05) is 51.7 Å². The molecule has 0 saturated carbocycles. The summed E-state index contributed by atoms with van der Waals surface area (Å²) in [5.41, 5.74) is 2.53. The van der Waals surface area contributed by atoms with Crippen molar-refractivity contribution in [3.05, 3.63) is 78.1 Å². The number of imidazole rings is 1. The molecule has 1 saturated heterocycles. The lowest BCUT2D eigenvalue weighted by Crippen LogP contribution is -2.47. The van der Waals surface area contributed by atoms with E-state index in [0.717, 1.165) is 52.6 Å². The molecule has 4 aromatic rings. The lowest BCUT2D eigenvalue weighted by atomic mass is 9.89. The second-order valence-corrected chi connectivity index (χ2v) is 13.2. The molecule has 2 heterocycles. The largest absolute Gasteiger partial charge is 0.444 e. The van der Waals surface area contributed by atoms with E-state index >= 15 is 0 Å². The van der Waals surface area contributed by atoms with Gasteiger partial charge in [-0.15, -0.1) is 0 Å². The number of carbonyl (C=O) groups excluding carboxylic acids is 2.